The summed E-state index contributed by atoms with van der Waals surface area (Å²) in [5.41, 5.74) is 0. The highest BCUT2D eigenvalue weighted by Crippen LogP contribution is 2.05. The highest BCUT2D eigenvalue weighted by molar-refractivity contribution is 7.92. The van der Waals surface area contributed by atoms with E-state index in [0.29, 0.717) is 6.54 Å². The van der Waals surface area contributed by atoms with Gasteiger partial charge in [-0.15, -0.1) is 13.2 Å². The Balaban J connectivity index is 4.25. The maximum absolute atomic E-state index is 11.8. The van der Waals surface area contributed by atoms with Crippen LogP contribution in [0.4, 0.5) is 0 Å². The lowest BCUT2D eigenvalue weighted by Gasteiger charge is -2.14. The van der Waals surface area contributed by atoms with Crippen molar-refractivity contribution in [2.75, 3.05) is 12.3 Å². The lowest BCUT2D eigenvalue weighted by atomic mass is 10.3. The molecule has 3 nitrogen and oxygen atoms in total. The Morgan fingerprint density at radius 2 is 2.00 bits per heavy atom. The number of unbranched alkanes of at least 4 members (excludes halogenated alkanes) is 2. The zero-order chi connectivity index (χ0) is 11.7. The molecular weight excluding hydrogens is 210 g/mol. The summed E-state index contributed by atoms with van der Waals surface area (Å²) in [5, 5.41) is 2.22. The minimum Gasteiger partial charge on any atom is -0.294 e. The number of nitrogens with one attached hydrogen (secondary N) is 1. The molecule has 0 radical (unpaired) electrons. The van der Waals surface area contributed by atoms with E-state index in [9.17, 15) is 8.42 Å². The fraction of sp³-hybridized carbons (Fsp3) is 0.636. The smallest absolute Gasteiger partial charge is 0.169 e. The summed E-state index contributed by atoms with van der Waals surface area (Å²) in [6.45, 7) is 9.59. The van der Waals surface area contributed by atoms with Gasteiger partial charge in [0, 0.05) is 6.54 Å². The van der Waals surface area contributed by atoms with Crippen LogP contribution in [0.2, 0.25) is 0 Å². The largest absolute Gasteiger partial charge is 0.294 e. The van der Waals surface area contributed by atoms with E-state index in [1.807, 2.05) is 6.92 Å². The van der Waals surface area contributed by atoms with E-state index in [0.717, 1.165) is 19.3 Å². The van der Waals surface area contributed by atoms with Crippen LogP contribution < -0.4 is 5.32 Å². The van der Waals surface area contributed by atoms with Gasteiger partial charge >= 0.3 is 0 Å². The van der Waals surface area contributed by atoms with Crippen LogP contribution in [0.5, 0.6) is 0 Å². The molecule has 0 fully saturated rings. The molecule has 4 heteroatoms. The van der Waals surface area contributed by atoms with E-state index in [4.69, 9.17) is 0 Å². The lowest BCUT2D eigenvalue weighted by Crippen LogP contribution is -2.36. The summed E-state index contributed by atoms with van der Waals surface area (Å²) < 4.78 is 23.5. The quantitative estimate of drug-likeness (QED) is 0.487. The summed E-state index contributed by atoms with van der Waals surface area (Å²) in [6.07, 6.45) is 5.76. The first-order valence-corrected chi connectivity index (χ1v) is 6.98. The van der Waals surface area contributed by atoms with Crippen LogP contribution in [0.25, 0.3) is 0 Å². The maximum atomic E-state index is 11.8. The standard InChI is InChI=1S/C11H21NO2S/c1-4-7-8-10-15(13,14)11(6-3)12-9-5-2/h5-6,11-12H,2-4,7-10H2,1H3. The molecule has 0 heterocycles. The highest BCUT2D eigenvalue weighted by Gasteiger charge is 2.20. The molecule has 0 aromatic heterocycles. The van der Waals surface area contributed by atoms with Gasteiger partial charge in [-0.05, 0) is 6.42 Å². The highest BCUT2D eigenvalue weighted by atomic mass is 32.2. The first-order chi connectivity index (χ1) is 7.08. The molecule has 88 valence electrons. The molecule has 1 N–H and O–H groups in total. The van der Waals surface area contributed by atoms with Gasteiger partial charge in [-0.3, -0.25) is 5.32 Å². The minimum absolute atomic E-state index is 0.224. The molecule has 0 spiro atoms. The number of sulfone groups is 1. The molecule has 0 aliphatic rings. The van der Waals surface area contributed by atoms with Crippen LogP contribution in [-0.2, 0) is 9.84 Å². The second-order valence-corrected chi connectivity index (χ2v) is 5.67. The van der Waals surface area contributed by atoms with Gasteiger partial charge in [-0.1, -0.05) is 31.9 Å². The molecule has 0 bridgehead atoms. The van der Waals surface area contributed by atoms with E-state index < -0.39 is 15.2 Å². The van der Waals surface area contributed by atoms with Crippen molar-refractivity contribution in [3.8, 4) is 0 Å². The Morgan fingerprint density at radius 1 is 1.33 bits per heavy atom. The van der Waals surface area contributed by atoms with Gasteiger partial charge in [0.2, 0.25) is 0 Å². The van der Waals surface area contributed by atoms with Crippen LogP contribution in [0.1, 0.15) is 26.2 Å². The summed E-state index contributed by atoms with van der Waals surface area (Å²) in [7, 11) is -3.09. The lowest BCUT2D eigenvalue weighted by molar-refractivity contribution is 0.572. The van der Waals surface area contributed by atoms with Gasteiger partial charge in [0.25, 0.3) is 0 Å². The molecule has 0 saturated heterocycles. The average Bonchev–Trinajstić information content (AvgIpc) is 2.19. The molecule has 0 aliphatic carbocycles. The normalized spacial score (nSPS) is 13.4. The predicted octanol–water partition coefficient (Wildman–Crippen LogP) is 1.88. The first-order valence-electron chi connectivity index (χ1n) is 5.27. The van der Waals surface area contributed by atoms with Gasteiger partial charge in [0.05, 0.1) is 5.75 Å². The molecular formula is C11H21NO2S. The topological polar surface area (TPSA) is 46.2 Å². The Hall–Kier alpha value is -0.610. The van der Waals surface area contributed by atoms with Crippen molar-refractivity contribution in [1.29, 1.82) is 0 Å². The third-order valence-electron chi connectivity index (χ3n) is 2.10. The van der Waals surface area contributed by atoms with Crippen LogP contribution in [0.15, 0.2) is 25.3 Å². The molecule has 1 atom stereocenters. The first kappa shape index (κ1) is 14.4. The van der Waals surface area contributed by atoms with Crippen LogP contribution in [0.3, 0.4) is 0 Å². The molecule has 0 amide bonds. The van der Waals surface area contributed by atoms with Crippen LogP contribution in [-0.4, -0.2) is 26.1 Å². The maximum Gasteiger partial charge on any atom is 0.169 e. The van der Waals surface area contributed by atoms with Crippen molar-refractivity contribution in [2.45, 2.75) is 31.6 Å². The van der Waals surface area contributed by atoms with Gasteiger partial charge in [-0.25, -0.2) is 8.42 Å². The van der Waals surface area contributed by atoms with Crippen LogP contribution >= 0.6 is 0 Å². The van der Waals surface area contributed by atoms with Crippen molar-refractivity contribution in [1.82, 2.24) is 5.32 Å². The van der Waals surface area contributed by atoms with Crippen molar-refractivity contribution < 1.29 is 8.42 Å². The van der Waals surface area contributed by atoms with Gasteiger partial charge < -0.3 is 0 Å². The molecule has 0 aromatic rings. The van der Waals surface area contributed by atoms with Crippen molar-refractivity contribution >= 4 is 9.84 Å². The Morgan fingerprint density at radius 3 is 2.47 bits per heavy atom. The summed E-state index contributed by atoms with van der Waals surface area (Å²) >= 11 is 0. The second-order valence-electron chi connectivity index (χ2n) is 3.43. The SMILES string of the molecule is C=CCNC(C=C)S(=O)(=O)CCCCC. The number of hydrogen-bond acceptors (Lipinski definition) is 3. The van der Waals surface area contributed by atoms with Crippen molar-refractivity contribution in [2.24, 2.45) is 0 Å². The fourth-order valence-corrected chi connectivity index (χ4v) is 2.74. The van der Waals surface area contributed by atoms with E-state index in [2.05, 4.69) is 18.5 Å². The number of hydrogen-bond donors (Lipinski definition) is 1. The van der Waals surface area contributed by atoms with Crippen LogP contribution in [0, 0.1) is 0 Å². The molecule has 0 aliphatic heterocycles. The monoisotopic (exact) mass is 231 g/mol. The molecule has 15 heavy (non-hydrogen) atoms. The molecule has 1 unspecified atom stereocenters. The fourth-order valence-electron chi connectivity index (χ4n) is 1.24. The Bertz CT molecular complexity index is 283. The van der Waals surface area contributed by atoms with Gasteiger partial charge in [0.1, 0.15) is 5.37 Å². The van der Waals surface area contributed by atoms with Crippen molar-refractivity contribution in [3.05, 3.63) is 25.3 Å². The average molecular weight is 231 g/mol. The zero-order valence-corrected chi connectivity index (χ0v) is 10.2. The van der Waals surface area contributed by atoms with Crippen molar-refractivity contribution in [3.63, 3.8) is 0 Å². The number of rotatable bonds is 9. The summed E-state index contributed by atoms with van der Waals surface area (Å²) in [4.78, 5) is 0. The van der Waals surface area contributed by atoms with Gasteiger partial charge in [0.15, 0.2) is 9.84 Å². The van der Waals surface area contributed by atoms with E-state index in [1.165, 1.54) is 6.08 Å². The summed E-state index contributed by atoms with van der Waals surface area (Å²) in [6, 6.07) is 0. The molecule has 0 aromatic carbocycles. The molecule has 0 saturated carbocycles. The minimum atomic E-state index is -3.09. The van der Waals surface area contributed by atoms with Gasteiger partial charge in [-0.2, -0.15) is 0 Å². The van der Waals surface area contributed by atoms with E-state index in [-0.39, 0.29) is 5.75 Å². The zero-order valence-electron chi connectivity index (χ0n) is 9.41. The second kappa shape index (κ2) is 7.65. The third-order valence-corrected chi connectivity index (χ3v) is 4.09. The summed E-state index contributed by atoms with van der Waals surface area (Å²) in [5.74, 6) is 0.224. The van der Waals surface area contributed by atoms with E-state index >= 15 is 0 Å². The third kappa shape index (κ3) is 5.74. The van der Waals surface area contributed by atoms with E-state index in [1.54, 1.807) is 6.08 Å². The Kier molecular flexibility index (Phi) is 7.34. The molecule has 0 rings (SSSR count). The Labute approximate surface area is 93.2 Å². The predicted molar refractivity (Wildman–Crippen MR) is 65.5 cm³/mol.